The second-order valence-electron chi connectivity index (χ2n) is 3.52. The zero-order valence-electron chi connectivity index (χ0n) is 8.36. The molecule has 0 amide bonds. The molecule has 0 aliphatic heterocycles. The summed E-state index contributed by atoms with van der Waals surface area (Å²) in [6.45, 7) is 3.22. The Morgan fingerprint density at radius 2 is 2.13 bits per heavy atom. The molecule has 0 unspecified atom stereocenters. The lowest BCUT2D eigenvalue weighted by molar-refractivity contribution is -0.386. The molecule has 0 radical (unpaired) electrons. The van der Waals surface area contributed by atoms with Crippen molar-refractivity contribution < 1.29 is 9.76 Å². The van der Waals surface area contributed by atoms with Gasteiger partial charge in [0, 0.05) is 6.07 Å². The van der Waals surface area contributed by atoms with Crippen LogP contribution in [0.25, 0.3) is 0 Å². The zero-order valence-corrected chi connectivity index (χ0v) is 9.12. The third-order valence-electron chi connectivity index (χ3n) is 2.09. The maximum Gasteiger partial charge on any atom is 0.277 e. The van der Waals surface area contributed by atoms with E-state index in [-0.39, 0.29) is 16.3 Å². The summed E-state index contributed by atoms with van der Waals surface area (Å²) in [5, 5.41) is 11.1. The van der Waals surface area contributed by atoms with Gasteiger partial charge in [0.05, 0.1) is 15.5 Å². The van der Waals surface area contributed by atoms with Crippen LogP contribution in [0.2, 0.25) is 5.02 Å². The molecule has 0 spiro atoms. The van der Waals surface area contributed by atoms with Gasteiger partial charge in [-0.05, 0) is 19.9 Å². The Hall–Kier alpha value is -1.17. The topological polar surface area (TPSA) is 78.4 Å². The van der Waals surface area contributed by atoms with Gasteiger partial charge in [0.15, 0.2) is 0 Å². The summed E-state index contributed by atoms with van der Waals surface area (Å²) in [6.07, 6.45) is 0. The number of halogens is 1. The Morgan fingerprint density at radius 3 is 2.60 bits per heavy atom. The second kappa shape index (κ2) is 4.14. The normalized spacial score (nSPS) is 11.5. The first kappa shape index (κ1) is 11.9. The van der Waals surface area contributed by atoms with Crippen molar-refractivity contribution >= 4 is 17.3 Å². The molecule has 0 saturated carbocycles. The molecule has 1 rings (SSSR count). The molecule has 0 saturated heterocycles. The van der Waals surface area contributed by atoms with Crippen molar-refractivity contribution in [2.75, 3.05) is 0 Å². The molecule has 5 nitrogen and oxygen atoms in total. The van der Waals surface area contributed by atoms with E-state index >= 15 is 0 Å². The van der Waals surface area contributed by atoms with E-state index in [1.54, 1.807) is 19.9 Å². The molecule has 0 bridgehead atoms. The van der Waals surface area contributed by atoms with Crippen LogP contribution in [0.5, 0.6) is 0 Å². The van der Waals surface area contributed by atoms with Crippen molar-refractivity contribution in [3.63, 3.8) is 0 Å². The minimum Gasteiger partial charge on any atom is -0.294 e. The molecule has 1 aromatic carbocycles. The molecule has 0 aromatic heterocycles. The van der Waals surface area contributed by atoms with Crippen LogP contribution in [0.1, 0.15) is 19.4 Å². The van der Waals surface area contributed by atoms with Crippen LogP contribution in [0.3, 0.4) is 0 Å². The fourth-order valence-corrected chi connectivity index (χ4v) is 1.72. The molecule has 0 aliphatic carbocycles. The molecule has 2 N–H and O–H groups in total. The smallest absolute Gasteiger partial charge is 0.277 e. The van der Waals surface area contributed by atoms with E-state index in [9.17, 15) is 10.1 Å². The molecule has 1 aromatic rings. The summed E-state index contributed by atoms with van der Waals surface area (Å²) in [5.41, 5.74) is -0.821. The highest BCUT2D eigenvalue weighted by molar-refractivity contribution is 6.31. The number of nitro benzene ring substituents is 1. The van der Waals surface area contributed by atoms with Gasteiger partial charge in [0.2, 0.25) is 0 Å². The molecule has 0 atom stereocenters. The number of nitrogens with two attached hydrogens (primary N) is 1. The quantitative estimate of drug-likeness (QED) is 0.639. The highest BCUT2D eigenvalue weighted by Crippen LogP contribution is 2.36. The lowest BCUT2D eigenvalue weighted by atomic mass is 9.96. The minimum absolute atomic E-state index is 0.0991. The average molecular weight is 231 g/mol. The van der Waals surface area contributed by atoms with Gasteiger partial charge in [-0.1, -0.05) is 17.7 Å². The van der Waals surface area contributed by atoms with E-state index in [1.165, 1.54) is 12.1 Å². The van der Waals surface area contributed by atoms with Crippen LogP contribution >= 0.6 is 11.6 Å². The van der Waals surface area contributed by atoms with Crippen molar-refractivity contribution in [3.05, 3.63) is 38.9 Å². The van der Waals surface area contributed by atoms with E-state index in [2.05, 4.69) is 0 Å². The standard InChI is InChI=1S/C9H11ClN2O3/c1-9(2,15-11)8-6(10)4-3-5-7(8)12(13)14/h3-5H,11H2,1-2H3. The van der Waals surface area contributed by atoms with E-state index in [1.807, 2.05) is 0 Å². The lowest BCUT2D eigenvalue weighted by Crippen LogP contribution is -2.26. The van der Waals surface area contributed by atoms with Gasteiger partial charge in [0.1, 0.15) is 5.60 Å². The third kappa shape index (κ3) is 2.26. The second-order valence-corrected chi connectivity index (χ2v) is 3.93. The molecular formula is C9H11ClN2O3. The van der Waals surface area contributed by atoms with E-state index in [0.29, 0.717) is 0 Å². The van der Waals surface area contributed by atoms with Gasteiger partial charge in [-0.15, -0.1) is 0 Å². The van der Waals surface area contributed by atoms with E-state index in [0.717, 1.165) is 0 Å². The first-order chi connectivity index (χ1) is 6.90. The van der Waals surface area contributed by atoms with E-state index < -0.39 is 10.5 Å². The number of nitro groups is 1. The molecular weight excluding hydrogens is 220 g/mol. The Kier molecular flexibility index (Phi) is 3.28. The van der Waals surface area contributed by atoms with Gasteiger partial charge in [-0.3, -0.25) is 15.0 Å². The van der Waals surface area contributed by atoms with Crippen LogP contribution in [-0.4, -0.2) is 4.92 Å². The monoisotopic (exact) mass is 230 g/mol. The molecule has 82 valence electrons. The summed E-state index contributed by atoms with van der Waals surface area (Å²) in [6, 6.07) is 4.43. The summed E-state index contributed by atoms with van der Waals surface area (Å²) in [5.74, 6) is 5.10. The minimum atomic E-state index is -0.999. The summed E-state index contributed by atoms with van der Waals surface area (Å²) in [7, 11) is 0. The van der Waals surface area contributed by atoms with Crippen LogP contribution < -0.4 is 5.90 Å². The molecule has 6 heteroatoms. The maximum absolute atomic E-state index is 10.8. The predicted octanol–water partition coefficient (Wildman–Crippen LogP) is 2.37. The van der Waals surface area contributed by atoms with Crippen molar-refractivity contribution in [2.45, 2.75) is 19.4 Å². The van der Waals surface area contributed by atoms with Crippen molar-refractivity contribution in [1.29, 1.82) is 0 Å². The van der Waals surface area contributed by atoms with Crippen molar-refractivity contribution in [2.24, 2.45) is 5.90 Å². The first-order valence-corrected chi connectivity index (χ1v) is 4.59. The van der Waals surface area contributed by atoms with Gasteiger partial charge < -0.3 is 0 Å². The fraction of sp³-hybridized carbons (Fsp3) is 0.333. The molecule has 0 aliphatic rings. The lowest BCUT2D eigenvalue weighted by Gasteiger charge is -2.22. The van der Waals surface area contributed by atoms with Gasteiger partial charge in [-0.2, -0.15) is 0 Å². The number of rotatable bonds is 3. The van der Waals surface area contributed by atoms with Crippen LogP contribution in [-0.2, 0) is 10.4 Å². The van der Waals surface area contributed by atoms with Crippen LogP contribution in [0, 0.1) is 10.1 Å². The number of benzene rings is 1. The Morgan fingerprint density at radius 1 is 1.53 bits per heavy atom. The van der Waals surface area contributed by atoms with E-state index in [4.69, 9.17) is 22.3 Å². The summed E-state index contributed by atoms with van der Waals surface area (Å²) >= 11 is 5.90. The SMILES string of the molecule is CC(C)(ON)c1c(Cl)cccc1[N+](=O)[O-]. The Bertz CT molecular complexity index is 393. The first-order valence-electron chi connectivity index (χ1n) is 4.21. The number of hydrogen-bond donors (Lipinski definition) is 1. The molecule has 0 fully saturated rings. The number of hydrogen-bond acceptors (Lipinski definition) is 4. The third-order valence-corrected chi connectivity index (χ3v) is 2.40. The maximum atomic E-state index is 10.8. The van der Waals surface area contributed by atoms with Crippen LogP contribution in [0.4, 0.5) is 5.69 Å². The largest absolute Gasteiger partial charge is 0.294 e. The number of nitrogens with zero attached hydrogens (tertiary/aromatic N) is 1. The Balaban J connectivity index is 3.44. The van der Waals surface area contributed by atoms with Gasteiger partial charge >= 0.3 is 0 Å². The predicted molar refractivity (Wildman–Crippen MR) is 56.4 cm³/mol. The summed E-state index contributed by atoms with van der Waals surface area (Å²) < 4.78 is 0. The molecule has 15 heavy (non-hydrogen) atoms. The van der Waals surface area contributed by atoms with Gasteiger partial charge in [-0.25, -0.2) is 5.90 Å². The van der Waals surface area contributed by atoms with Crippen molar-refractivity contribution in [1.82, 2.24) is 0 Å². The van der Waals surface area contributed by atoms with Gasteiger partial charge in [0.25, 0.3) is 5.69 Å². The summed E-state index contributed by atoms with van der Waals surface area (Å²) in [4.78, 5) is 15.0. The Labute approximate surface area is 91.9 Å². The van der Waals surface area contributed by atoms with Crippen molar-refractivity contribution in [3.8, 4) is 0 Å². The highest BCUT2D eigenvalue weighted by atomic mass is 35.5. The fourth-order valence-electron chi connectivity index (χ4n) is 1.32. The zero-order chi connectivity index (χ0) is 11.6. The highest BCUT2D eigenvalue weighted by Gasteiger charge is 2.32. The average Bonchev–Trinajstić information content (AvgIpc) is 2.17. The van der Waals surface area contributed by atoms with Crippen LogP contribution in [0.15, 0.2) is 18.2 Å². The molecule has 0 heterocycles.